The summed E-state index contributed by atoms with van der Waals surface area (Å²) in [6, 6.07) is 0. The fourth-order valence-corrected chi connectivity index (χ4v) is 3.28. The summed E-state index contributed by atoms with van der Waals surface area (Å²) in [4.78, 5) is 0. The van der Waals surface area contributed by atoms with Crippen molar-refractivity contribution in [3.63, 3.8) is 0 Å². The van der Waals surface area contributed by atoms with Crippen molar-refractivity contribution >= 4 is 0 Å². The second kappa shape index (κ2) is 4.89. The van der Waals surface area contributed by atoms with Crippen LogP contribution in [-0.2, 0) is 4.74 Å². The summed E-state index contributed by atoms with van der Waals surface area (Å²) in [5, 5.41) is 10.5. The van der Waals surface area contributed by atoms with Gasteiger partial charge in [0.1, 0.15) is 0 Å². The van der Waals surface area contributed by atoms with E-state index in [1.54, 1.807) is 7.11 Å². The maximum atomic E-state index is 10.5. The van der Waals surface area contributed by atoms with Crippen molar-refractivity contribution < 1.29 is 9.84 Å². The maximum Gasteiger partial charge on any atom is 0.0936 e. The van der Waals surface area contributed by atoms with Crippen molar-refractivity contribution in [3.8, 4) is 0 Å². The number of rotatable bonds is 4. The van der Waals surface area contributed by atoms with E-state index in [1.165, 1.54) is 32.1 Å². The van der Waals surface area contributed by atoms with Crippen LogP contribution in [0.1, 0.15) is 65.2 Å². The molecule has 0 aromatic carbocycles. The summed E-state index contributed by atoms with van der Waals surface area (Å²) in [6.45, 7) is 4.65. The first-order chi connectivity index (χ1) is 7.97. The molecule has 2 fully saturated rings. The van der Waals surface area contributed by atoms with Crippen LogP contribution in [0.25, 0.3) is 0 Å². The quantitative estimate of drug-likeness (QED) is 0.814. The van der Waals surface area contributed by atoms with Crippen LogP contribution in [-0.4, -0.2) is 23.9 Å². The van der Waals surface area contributed by atoms with E-state index in [2.05, 4.69) is 13.8 Å². The number of hydrogen-bond donors (Lipinski definition) is 1. The van der Waals surface area contributed by atoms with Gasteiger partial charge in [-0.3, -0.25) is 0 Å². The third kappa shape index (κ3) is 2.85. The highest BCUT2D eigenvalue weighted by atomic mass is 16.5. The third-order valence-corrected chi connectivity index (χ3v) is 5.25. The standard InChI is InChI=1S/C15H28O2/c1-14(2)7-9-15(17-3,10-8-14)13(16)11-12-5-4-6-12/h12-13,16H,4-11H2,1-3H3. The number of aliphatic hydroxyl groups excluding tert-OH is 1. The summed E-state index contributed by atoms with van der Waals surface area (Å²) in [5.41, 5.74) is 0.184. The molecule has 2 nitrogen and oxygen atoms in total. The van der Waals surface area contributed by atoms with Crippen molar-refractivity contribution in [3.05, 3.63) is 0 Å². The molecule has 2 rings (SSSR count). The highest BCUT2D eigenvalue weighted by Crippen LogP contribution is 2.45. The zero-order valence-corrected chi connectivity index (χ0v) is 11.7. The van der Waals surface area contributed by atoms with Crippen LogP contribution in [0, 0.1) is 11.3 Å². The van der Waals surface area contributed by atoms with Gasteiger partial charge in [-0.05, 0) is 43.4 Å². The summed E-state index contributed by atoms with van der Waals surface area (Å²) >= 11 is 0. The van der Waals surface area contributed by atoms with E-state index in [9.17, 15) is 5.11 Å². The summed E-state index contributed by atoms with van der Waals surface area (Å²) in [5.74, 6) is 0.756. The lowest BCUT2D eigenvalue weighted by Gasteiger charge is -2.46. The molecule has 1 unspecified atom stereocenters. The first-order valence-corrected chi connectivity index (χ1v) is 7.21. The lowest BCUT2D eigenvalue weighted by molar-refractivity contribution is -0.143. The van der Waals surface area contributed by atoms with Crippen LogP contribution in [0.5, 0.6) is 0 Å². The molecule has 0 saturated heterocycles. The van der Waals surface area contributed by atoms with E-state index in [4.69, 9.17) is 4.74 Å². The largest absolute Gasteiger partial charge is 0.390 e. The second-order valence-electron chi connectivity index (χ2n) is 6.98. The Morgan fingerprint density at radius 1 is 1.18 bits per heavy atom. The van der Waals surface area contributed by atoms with Crippen LogP contribution in [0.2, 0.25) is 0 Å². The van der Waals surface area contributed by atoms with E-state index in [1.807, 2.05) is 0 Å². The number of hydrogen-bond acceptors (Lipinski definition) is 2. The van der Waals surface area contributed by atoms with Crippen LogP contribution in [0.3, 0.4) is 0 Å². The lowest BCUT2D eigenvalue weighted by atomic mass is 9.67. The fraction of sp³-hybridized carbons (Fsp3) is 1.00. The van der Waals surface area contributed by atoms with Crippen LogP contribution >= 0.6 is 0 Å². The molecule has 0 heterocycles. The zero-order valence-electron chi connectivity index (χ0n) is 11.7. The zero-order chi connectivity index (χ0) is 12.5. The van der Waals surface area contributed by atoms with Gasteiger partial charge in [-0.25, -0.2) is 0 Å². The van der Waals surface area contributed by atoms with E-state index in [-0.39, 0.29) is 11.7 Å². The fourth-order valence-electron chi connectivity index (χ4n) is 3.28. The SMILES string of the molecule is COC1(C(O)CC2CCC2)CCC(C)(C)CC1. The minimum atomic E-state index is -0.256. The molecule has 0 aromatic rings. The Morgan fingerprint density at radius 3 is 2.18 bits per heavy atom. The molecule has 0 radical (unpaired) electrons. The van der Waals surface area contributed by atoms with Crippen molar-refractivity contribution in [1.29, 1.82) is 0 Å². The van der Waals surface area contributed by atoms with E-state index in [0.717, 1.165) is 25.2 Å². The minimum absolute atomic E-state index is 0.245. The smallest absolute Gasteiger partial charge is 0.0936 e. The van der Waals surface area contributed by atoms with E-state index < -0.39 is 0 Å². The van der Waals surface area contributed by atoms with Crippen molar-refractivity contribution in [2.75, 3.05) is 7.11 Å². The molecule has 100 valence electrons. The molecule has 2 aliphatic rings. The summed E-state index contributed by atoms with van der Waals surface area (Å²) in [7, 11) is 1.78. The van der Waals surface area contributed by atoms with Gasteiger partial charge in [-0.1, -0.05) is 33.1 Å². The normalized spacial score (nSPS) is 29.6. The first kappa shape index (κ1) is 13.4. The molecule has 0 amide bonds. The van der Waals surface area contributed by atoms with Gasteiger partial charge in [0.25, 0.3) is 0 Å². The molecule has 0 aliphatic heterocycles. The molecule has 2 saturated carbocycles. The highest BCUT2D eigenvalue weighted by Gasteiger charge is 2.44. The van der Waals surface area contributed by atoms with Gasteiger partial charge in [0.15, 0.2) is 0 Å². The van der Waals surface area contributed by atoms with Gasteiger partial charge in [0.05, 0.1) is 11.7 Å². The molecule has 2 aliphatic carbocycles. The highest BCUT2D eigenvalue weighted by molar-refractivity contribution is 4.96. The number of aliphatic hydroxyl groups is 1. The molecule has 1 atom stereocenters. The predicted molar refractivity (Wildman–Crippen MR) is 70.0 cm³/mol. The Labute approximate surface area is 106 Å². The predicted octanol–water partition coefficient (Wildman–Crippen LogP) is 3.52. The molecular formula is C15H28O2. The van der Waals surface area contributed by atoms with Gasteiger partial charge in [0, 0.05) is 7.11 Å². The Morgan fingerprint density at radius 2 is 1.76 bits per heavy atom. The van der Waals surface area contributed by atoms with E-state index >= 15 is 0 Å². The average Bonchev–Trinajstić information content (AvgIpc) is 2.24. The lowest BCUT2D eigenvalue weighted by Crippen LogP contribution is -2.49. The maximum absolute atomic E-state index is 10.5. The molecule has 1 N–H and O–H groups in total. The number of ether oxygens (including phenoxy) is 1. The first-order valence-electron chi connectivity index (χ1n) is 7.21. The Balaban J connectivity index is 1.94. The topological polar surface area (TPSA) is 29.5 Å². The van der Waals surface area contributed by atoms with E-state index in [0.29, 0.717) is 5.41 Å². The Bertz CT molecular complexity index is 246. The second-order valence-corrected chi connectivity index (χ2v) is 6.98. The van der Waals surface area contributed by atoms with Gasteiger partial charge in [-0.2, -0.15) is 0 Å². The molecule has 0 bridgehead atoms. The summed E-state index contributed by atoms with van der Waals surface area (Å²) in [6.07, 6.45) is 9.04. The Hall–Kier alpha value is -0.0800. The van der Waals surface area contributed by atoms with Crippen molar-refractivity contribution in [1.82, 2.24) is 0 Å². The van der Waals surface area contributed by atoms with Gasteiger partial charge in [-0.15, -0.1) is 0 Å². The van der Waals surface area contributed by atoms with Gasteiger partial charge in [0.2, 0.25) is 0 Å². The molecule has 17 heavy (non-hydrogen) atoms. The minimum Gasteiger partial charge on any atom is -0.390 e. The third-order valence-electron chi connectivity index (χ3n) is 5.25. The molecule has 0 aromatic heterocycles. The Kier molecular flexibility index (Phi) is 3.84. The number of methoxy groups -OCH3 is 1. The molecular weight excluding hydrogens is 212 g/mol. The van der Waals surface area contributed by atoms with Gasteiger partial charge >= 0.3 is 0 Å². The molecule has 0 spiro atoms. The van der Waals surface area contributed by atoms with Crippen molar-refractivity contribution in [2.45, 2.75) is 76.9 Å². The van der Waals surface area contributed by atoms with Crippen LogP contribution in [0.4, 0.5) is 0 Å². The van der Waals surface area contributed by atoms with Crippen molar-refractivity contribution in [2.24, 2.45) is 11.3 Å². The monoisotopic (exact) mass is 240 g/mol. The summed E-state index contributed by atoms with van der Waals surface area (Å²) < 4.78 is 5.75. The average molecular weight is 240 g/mol. The molecule has 2 heteroatoms. The van der Waals surface area contributed by atoms with Crippen LogP contribution < -0.4 is 0 Å². The van der Waals surface area contributed by atoms with Gasteiger partial charge < -0.3 is 9.84 Å². The van der Waals surface area contributed by atoms with Crippen LogP contribution in [0.15, 0.2) is 0 Å².